The first-order valence-corrected chi connectivity index (χ1v) is 10.8. The maximum Gasteiger partial charge on any atom is 0.243 e. The normalized spacial score (nSPS) is 17.4. The highest BCUT2D eigenvalue weighted by atomic mass is 32.2. The molecule has 0 saturated carbocycles. The topological polar surface area (TPSA) is 66.9 Å². The number of benzene rings is 2. The first-order chi connectivity index (χ1) is 13.4. The molecule has 1 atom stereocenters. The minimum absolute atomic E-state index is 0.190. The molecule has 2 aromatic rings. The van der Waals surface area contributed by atoms with Crippen molar-refractivity contribution in [2.75, 3.05) is 26.7 Å². The third kappa shape index (κ3) is 4.54. The van der Waals surface area contributed by atoms with Gasteiger partial charge in [-0.15, -0.1) is 0 Å². The third-order valence-corrected chi connectivity index (χ3v) is 6.85. The predicted octanol–water partition coefficient (Wildman–Crippen LogP) is 2.69. The van der Waals surface area contributed by atoms with Gasteiger partial charge in [0.2, 0.25) is 15.9 Å². The Morgan fingerprint density at radius 2 is 1.82 bits per heavy atom. The van der Waals surface area contributed by atoms with Crippen molar-refractivity contribution >= 4 is 15.9 Å². The summed E-state index contributed by atoms with van der Waals surface area (Å²) < 4.78 is 33.0. The van der Waals surface area contributed by atoms with Crippen LogP contribution in [0.5, 0.6) is 5.75 Å². The van der Waals surface area contributed by atoms with Gasteiger partial charge in [0.05, 0.1) is 11.4 Å². The summed E-state index contributed by atoms with van der Waals surface area (Å²) >= 11 is 0. The molecule has 1 unspecified atom stereocenters. The molecule has 1 aliphatic heterocycles. The highest BCUT2D eigenvalue weighted by molar-refractivity contribution is 7.89. The number of amides is 1. The molecule has 0 spiro atoms. The lowest BCUT2D eigenvalue weighted by atomic mass is 10.2. The van der Waals surface area contributed by atoms with Crippen molar-refractivity contribution in [2.45, 2.75) is 30.7 Å². The Morgan fingerprint density at radius 3 is 2.50 bits per heavy atom. The molecule has 1 saturated heterocycles. The Kier molecular flexibility index (Phi) is 6.36. The Hall–Kier alpha value is -2.38. The zero-order valence-electron chi connectivity index (χ0n) is 16.2. The van der Waals surface area contributed by atoms with Crippen LogP contribution in [0.2, 0.25) is 0 Å². The summed E-state index contributed by atoms with van der Waals surface area (Å²) in [4.78, 5) is 14.7. The zero-order valence-corrected chi connectivity index (χ0v) is 17.1. The van der Waals surface area contributed by atoms with Crippen LogP contribution >= 0.6 is 0 Å². The monoisotopic (exact) mass is 402 g/mol. The number of aryl methyl sites for hydroxylation is 1. The van der Waals surface area contributed by atoms with E-state index in [1.54, 1.807) is 36.2 Å². The number of nitrogens with zero attached hydrogens (tertiary/aromatic N) is 2. The number of sulfonamides is 1. The van der Waals surface area contributed by atoms with E-state index >= 15 is 0 Å². The van der Waals surface area contributed by atoms with Crippen molar-refractivity contribution in [3.8, 4) is 5.75 Å². The fourth-order valence-corrected chi connectivity index (χ4v) is 4.95. The van der Waals surface area contributed by atoms with E-state index in [9.17, 15) is 13.2 Å². The molecule has 2 aromatic carbocycles. The zero-order chi connectivity index (χ0) is 20.1. The van der Waals surface area contributed by atoms with E-state index in [4.69, 9.17) is 4.74 Å². The summed E-state index contributed by atoms with van der Waals surface area (Å²) in [7, 11) is -2.01. The predicted molar refractivity (Wildman–Crippen MR) is 108 cm³/mol. The molecule has 6 nitrogen and oxygen atoms in total. The average Bonchev–Trinajstić information content (AvgIpc) is 3.19. The number of likely N-dealkylation sites (N-methyl/N-ethyl adjacent to an activating group) is 1. The highest BCUT2D eigenvalue weighted by Crippen LogP contribution is 2.27. The van der Waals surface area contributed by atoms with E-state index in [0.29, 0.717) is 32.5 Å². The van der Waals surface area contributed by atoms with Crippen LogP contribution in [0.15, 0.2) is 59.5 Å². The summed E-state index contributed by atoms with van der Waals surface area (Å²) in [6.45, 7) is 3.01. The molecule has 0 aromatic heterocycles. The largest absolute Gasteiger partial charge is 0.492 e. The minimum atomic E-state index is -3.69. The lowest BCUT2D eigenvalue weighted by Gasteiger charge is -2.27. The number of hydrogen-bond acceptors (Lipinski definition) is 4. The van der Waals surface area contributed by atoms with E-state index < -0.39 is 16.1 Å². The van der Waals surface area contributed by atoms with Gasteiger partial charge in [-0.05, 0) is 44.0 Å². The quantitative estimate of drug-likeness (QED) is 0.714. The van der Waals surface area contributed by atoms with Gasteiger partial charge in [0.25, 0.3) is 0 Å². The number of para-hydroxylation sites is 1. The van der Waals surface area contributed by atoms with E-state index in [2.05, 4.69) is 0 Å². The van der Waals surface area contributed by atoms with Crippen LogP contribution in [0.4, 0.5) is 0 Å². The first-order valence-electron chi connectivity index (χ1n) is 9.41. The Morgan fingerprint density at radius 1 is 1.14 bits per heavy atom. The van der Waals surface area contributed by atoms with Gasteiger partial charge in [0.15, 0.2) is 0 Å². The molecule has 0 bridgehead atoms. The maximum atomic E-state index is 13.0. The molecule has 0 radical (unpaired) electrons. The van der Waals surface area contributed by atoms with Crippen molar-refractivity contribution in [1.29, 1.82) is 0 Å². The molecule has 7 heteroatoms. The van der Waals surface area contributed by atoms with Crippen molar-refractivity contribution < 1.29 is 17.9 Å². The average molecular weight is 403 g/mol. The molecular weight excluding hydrogens is 376 g/mol. The molecule has 0 N–H and O–H groups in total. The summed E-state index contributed by atoms with van der Waals surface area (Å²) in [6, 6.07) is 15.5. The lowest BCUT2D eigenvalue weighted by molar-refractivity contribution is -0.133. The van der Waals surface area contributed by atoms with Gasteiger partial charge in [0.1, 0.15) is 18.4 Å². The summed E-state index contributed by atoms with van der Waals surface area (Å²) in [5.74, 6) is 0.553. The minimum Gasteiger partial charge on any atom is -0.492 e. The van der Waals surface area contributed by atoms with Crippen LogP contribution in [0.25, 0.3) is 0 Å². The molecule has 28 heavy (non-hydrogen) atoms. The van der Waals surface area contributed by atoms with Crippen LogP contribution in [-0.4, -0.2) is 56.3 Å². The van der Waals surface area contributed by atoms with Crippen molar-refractivity contribution in [2.24, 2.45) is 0 Å². The summed E-state index contributed by atoms with van der Waals surface area (Å²) in [5, 5.41) is 0. The van der Waals surface area contributed by atoms with E-state index in [0.717, 1.165) is 11.3 Å². The SMILES string of the molecule is Cc1ccc(S(=O)(=O)N2CCCC2C(=O)N(C)CCOc2ccccc2)cc1. The molecule has 1 heterocycles. The molecule has 1 aliphatic rings. The second kappa shape index (κ2) is 8.75. The van der Waals surface area contributed by atoms with Crippen molar-refractivity contribution in [1.82, 2.24) is 9.21 Å². The molecule has 1 amide bonds. The van der Waals surface area contributed by atoms with Gasteiger partial charge in [-0.2, -0.15) is 4.31 Å². The van der Waals surface area contributed by atoms with Crippen LogP contribution in [-0.2, 0) is 14.8 Å². The maximum absolute atomic E-state index is 13.0. The molecular formula is C21H26N2O4S. The summed E-state index contributed by atoms with van der Waals surface area (Å²) in [5.41, 5.74) is 0.992. The van der Waals surface area contributed by atoms with Crippen LogP contribution < -0.4 is 4.74 Å². The number of carbonyl (C=O) groups excluding carboxylic acids is 1. The standard InChI is InChI=1S/C21H26N2O4S/c1-17-10-12-19(13-11-17)28(25,26)23-14-6-9-20(23)21(24)22(2)15-16-27-18-7-4-3-5-8-18/h3-5,7-8,10-13,20H,6,9,14-16H2,1-2H3. The van der Waals surface area contributed by atoms with Crippen LogP contribution in [0.3, 0.4) is 0 Å². The van der Waals surface area contributed by atoms with Gasteiger partial charge in [-0.1, -0.05) is 35.9 Å². The van der Waals surface area contributed by atoms with Gasteiger partial charge in [-0.25, -0.2) is 8.42 Å². The van der Waals surface area contributed by atoms with E-state index in [-0.39, 0.29) is 10.8 Å². The molecule has 0 aliphatic carbocycles. The van der Waals surface area contributed by atoms with Crippen LogP contribution in [0.1, 0.15) is 18.4 Å². The Bertz CT molecular complexity index is 898. The second-order valence-electron chi connectivity index (χ2n) is 7.01. The van der Waals surface area contributed by atoms with Gasteiger partial charge in [-0.3, -0.25) is 4.79 Å². The molecule has 150 valence electrons. The molecule has 3 rings (SSSR count). The second-order valence-corrected chi connectivity index (χ2v) is 8.90. The Balaban J connectivity index is 1.64. The van der Waals surface area contributed by atoms with Gasteiger partial charge < -0.3 is 9.64 Å². The van der Waals surface area contributed by atoms with E-state index in [1.807, 2.05) is 37.3 Å². The summed E-state index contributed by atoms with van der Waals surface area (Å²) in [6.07, 6.45) is 1.21. The number of hydrogen-bond donors (Lipinski definition) is 0. The lowest BCUT2D eigenvalue weighted by Crippen LogP contribution is -2.47. The third-order valence-electron chi connectivity index (χ3n) is 4.93. The van der Waals surface area contributed by atoms with Gasteiger partial charge >= 0.3 is 0 Å². The number of carbonyl (C=O) groups is 1. The van der Waals surface area contributed by atoms with Crippen LogP contribution in [0, 0.1) is 6.92 Å². The highest BCUT2D eigenvalue weighted by Gasteiger charge is 2.40. The number of rotatable bonds is 7. The first kappa shape index (κ1) is 20.4. The fraction of sp³-hybridized carbons (Fsp3) is 0.381. The Labute approximate surface area is 166 Å². The van der Waals surface area contributed by atoms with E-state index in [1.165, 1.54) is 4.31 Å². The van der Waals surface area contributed by atoms with Gasteiger partial charge in [0, 0.05) is 13.6 Å². The van der Waals surface area contributed by atoms with Crippen molar-refractivity contribution in [3.63, 3.8) is 0 Å². The fourth-order valence-electron chi connectivity index (χ4n) is 3.30. The van der Waals surface area contributed by atoms with Crippen molar-refractivity contribution in [3.05, 3.63) is 60.2 Å². The number of ether oxygens (including phenoxy) is 1. The smallest absolute Gasteiger partial charge is 0.243 e. The molecule has 1 fully saturated rings.